The minimum Gasteiger partial charge on any atom is -0.326 e. The minimum atomic E-state index is -0.0255. The molecule has 2 aromatic carbocycles. The fourth-order valence-corrected chi connectivity index (χ4v) is 3.61. The number of para-hydroxylation sites is 1. The van der Waals surface area contributed by atoms with E-state index in [-0.39, 0.29) is 5.91 Å². The molecule has 110 valence electrons. The maximum absolute atomic E-state index is 11.4. The van der Waals surface area contributed by atoms with Gasteiger partial charge >= 0.3 is 0 Å². The molecule has 0 aliphatic rings. The molecule has 3 heteroatoms. The number of carbonyl (C=O) groups excluding carboxylic acids is 1. The Balaban J connectivity index is 2.27. The van der Waals surface area contributed by atoms with E-state index in [1.54, 1.807) is 6.92 Å². The van der Waals surface area contributed by atoms with Gasteiger partial charge in [0.2, 0.25) is 5.91 Å². The van der Waals surface area contributed by atoms with E-state index in [1.807, 2.05) is 36.0 Å². The highest BCUT2D eigenvalue weighted by molar-refractivity contribution is 7.99. The first-order valence-electron chi connectivity index (χ1n) is 7.29. The van der Waals surface area contributed by atoms with Gasteiger partial charge in [0.1, 0.15) is 0 Å². The first-order chi connectivity index (χ1) is 10.2. The number of thioether (sulfide) groups is 1. The highest BCUT2D eigenvalue weighted by Gasteiger charge is 2.16. The summed E-state index contributed by atoms with van der Waals surface area (Å²) in [6.45, 7) is 3.75. The van der Waals surface area contributed by atoms with Gasteiger partial charge < -0.3 is 5.32 Å². The molecule has 0 aliphatic carbocycles. The van der Waals surface area contributed by atoms with Crippen molar-refractivity contribution in [2.45, 2.75) is 36.8 Å². The number of benzene rings is 2. The average Bonchev–Trinajstić information content (AvgIpc) is 2.48. The molecule has 1 atom stereocenters. The molecule has 1 N–H and O–H groups in total. The third kappa shape index (κ3) is 4.64. The van der Waals surface area contributed by atoms with E-state index in [0.717, 1.165) is 18.5 Å². The Hall–Kier alpha value is -1.74. The van der Waals surface area contributed by atoms with Gasteiger partial charge in [0.05, 0.1) is 0 Å². The lowest BCUT2D eigenvalue weighted by Gasteiger charge is -2.20. The molecule has 0 radical (unpaired) electrons. The van der Waals surface area contributed by atoms with E-state index < -0.39 is 0 Å². The number of amides is 1. The van der Waals surface area contributed by atoms with E-state index in [4.69, 9.17) is 0 Å². The molecule has 0 saturated carbocycles. The van der Waals surface area contributed by atoms with Crippen LogP contribution in [0.3, 0.4) is 0 Å². The van der Waals surface area contributed by atoms with Crippen molar-refractivity contribution >= 4 is 23.4 Å². The Labute approximate surface area is 131 Å². The number of nitrogens with one attached hydrogen (secondary N) is 1. The maximum Gasteiger partial charge on any atom is 0.221 e. The molecule has 0 spiro atoms. The highest BCUT2D eigenvalue weighted by atomic mass is 32.2. The Morgan fingerprint density at radius 2 is 1.76 bits per heavy atom. The summed E-state index contributed by atoms with van der Waals surface area (Å²) in [5.74, 6) is -0.0255. The van der Waals surface area contributed by atoms with Gasteiger partial charge in [-0.1, -0.05) is 49.7 Å². The summed E-state index contributed by atoms with van der Waals surface area (Å²) in [5.41, 5.74) is 2.12. The summed E-state index contributed by atoms with van der Waals surface area (Å²) >= 11 is 1.86. The number of rotatable bonds is 6. The van der Waals surface area contributed by atoms with Crippen LogP contribution >= 0.6 is 11.8 Å². The predicted octanol–water partition coefficient (Wildman–Crippen LogP) is 5.28. The molecule has 0 aromatic heterocycles. The normalized spacial score (nSPS) is 11.9. The zero-order valence-corrected chi connectivity index (χ0v) is 13.3. The van der Waals surface area contributed by atoms with Crippen LogP contribution in [0.5, 0.6) is 0 Å². The van der Waals surface area contributed by atoms with Crippen LogP contribution in [0.2, 0.25) is 0 Å². The Kier molecular flexibility index (Phi) is 5.88. The van der Waals surface area contributed by atoms with Crippen molar-refractivity contribution in [3.05, 3.63) is 60.2 Å². The molecule has 21 heavy (non-hydrogen) atoms. The molecular weight excluding hydrogens is 278 g/mol. The van der Waals surface area contributed by atoms with Gasteiger partial charge in [-0.15, -0.1) is 11.8 Å². The van der Waals surface area contributed by atoms with E-state index in [1.165, 1.54) is 10.5 Å². The molecule has 2 nitrogen and oxygen atoms in total. The van der Waals surface area contributed by atoms with Crippen LogP contribution in [0.4, 0.5) is 5.69 Å². The molecule has 2 aromatic rings. The van der Waals surface area contributed by atoms with Crippen molar-refractivity contribution in [1.82, 2.24) is 0 Å². The Bertz CT molecular complexity index is 583. The van der Waals surface area contributed by atoms with Crippen LogP contribution in [0.1, 0.15) is 37.5 Å². The SMILES string of the molecule is CCCC(Sc1ccccc1)c1ccccc1NC(C)=O. The second-order valence-electron chi connectivity index (χ2n) is 4.98. The summed E-state index contributed by atoms with van der Waals surface area (Å²) < 4.78 is 0. The van der Waals surface area contributed by atoms with Gasteiger partial charge in [0.25, 0.3) is 0 Å². The fraction of sp³-hybridized carbons (Fsp3) is 0.278. The van der Waals surface area contributed by atoms with Crippen molar-refractivity contribution in [2.24, 2.45) is 0 Å². The standard InChI is InChI=1S/C18H21NOS/c1-3-9-18(21-15-10-5-4-6-11-15)16-12-7-8-13-17(16)19-14(2)20/h4-8,10-13,18H,3,9H2,1-2H3,(H,19,20). The van der Waals surface area contributed by atoms with Gasteiger partial charge in [-0.05, 0) is 30.2 Å². The second-order valence-corrected chi connectivity index (χ2v) is 6.25. The highest BCUT2D eigenvalue weighted by Crippen LogP contribution is 2.41. The molecule has 0 saturated heterocycles. The van der Waals surface area contributed by atoms with E-state index in [9.17, 15) is 4.79 Å². The summed E-state index contributed by atoms with van der Waals surface area (Å²) in [7, 11) is 0. The fourth-order valence-electron chi connectivity index (χ4n) is 2.28. The Morgan fingerprint density at radius 1 is 1.10 bits per heavy atom. The van der Waals surface area contributed by atoms with Crippen molar-refractivity contribution in [1.29, 1.82) is 0 Å². The topological polar surface area (TPSA) is 29.1 Å². The van der Waals surface area contributed by atoms with Crippen molar-refractivity contribution in [2.75, 3.05) is 5.32 Å². The van der Waals surface area contributed by atoms with Crippen molar-refractivity contribution in [3.63, 3.8) is 0 Å². The van der Waals surface area contributed by atoms with E-state index in [2.05, 4.69) is 42.6 Å². The monoisotopic (exact) mass is 299 g/mol. The predicted molar refractivity (Wildman–Crippen MR) is 90.7 cm³/mol. The molecule has 0 bridgehead atoms. The van der Waals surface area contributed by atoms with E-state index >= 15 is 0 Å². The first-order valence-corrected chi connectivity index (χ1v) is 8.17. The van der Waals surface area contributed by atoms with Crippen LogP contribution in [-0.2, 0) is 4.79 Å². The van der Waals surface area contributed by atoms with Crippen molar-refractivity contribution < 1.29 is 4.79 Å². The number of hydrogen-bond acceptors (Lipinski definition) is 2. The third-order valence-electron chi connectivity index (χ3n) is 3.19. The molecule has 1 unspecified atom stereocenters. The summed E-state index contributed by atoms with van der Waals surface area (Å²) in [6.07, 6.45) is 2.19. The van der Waals surface area contributed by atoms with Crippen LogP contribution in [0, 0.1) is 0 Å². The maximum atomic E-state index is 11.4. The van der Waals surface area contributed by atoms with Crippen molar-refractivity contribution in [3.8, 4) is 0 Å². The molecule has 0 aliphatic heterocycles. The molecular formula is C18H21NOS. The summed E-state index contributed by atoms with van der Waals surface area (Å²) in [6, 6.07) is 18.5. The van der Waals surface area contributed by atoms with Crippen LogP contribution in [0.15, 0.2) is 59.5 Å². The van der Waals surface area contributed by atoms with Crippen LogP contribution < -0.4 is 5.32 Å². The lowest BCUT2D eigenvalue weighted by Crippen LogP contribution is -2.09. The smallest absolute Gasteiger partial charge is 0.221 e. The first kappa shape index (κ1) is 15.6. The van der Waals surface area contributed by atoms with Gasteiger partial charge in [0, 0.05) is 22.8 Å². The van der Waals surface area contributed by atoms with E-state index in [0.29, 0.717) is 5.25 Å². The second kappa shape index (κ2) is 7.89. The number of carbonyl (C=O) groups is 1. The van der Waals surface area contributed by atoms with Gasteiger partial charge in [-0.25, -0.2) is 0 Å². The molecule has 0 fully saturated rings. The van der Waals surface area contributed by atoms with Gasteiger partial charge in [-0.3, -0.25) is 4.79 Å². The van der Waals surface area contributed by atoms with Crippen LogP contribution in [0.25, 0.3) is 0 Å². The molecule has 2 rings (SSSR count). The average molecular weight is 299 g/mol. The summed E-state index contributed by atoms with van der Waals surface area (Å²) in [5, 5.41) is 3.29. The third-order valence-corrected chi connectivity index (χ3v) is 4.51. The van der Waals surface area contributed by atoms with Gasteiger partial charge in [0.15, 0.2) is 0 Å². The Morgan fingerprint density at radius 3 is 2.43 bits per heavy atom. The van der Waals surface area contributed by atoms with Crippen LogP contribution in [-0.4, -0.2) is 5.91 Å². The summed E-state index contributed by atoms with van der Waals surface area (Å²) in [4.78, 5) is 12.6. The van der Waals surface area contributed by atoms with Gasteiger partial charge in [-0.2, -0.15) is 0 Å². The zero-order valence-electron chi connectivity index (χ0n) is 12.5. The largest absolute Gasteiger partial charge is 0.326 e. The lowest BCUT2D eigenvalue weighted by atomic mass is 10.1. The quantitative estimate of drug-likeness (QED) is 0.735. The minimum absolute atomic E-state index is 0.0255. The molecule has 1 amide bonds. The lowest BCUT2D eigenvalue weighted by molar-refractivity contribution is -0.114. The zero-order chi connectivity index (χ0) is 15.1. The molecule has 0 heterocycles. The number of hydrogen-bond donors (Lipinski definition) is 1. The number of anilines is 1.